The van der Waals surface area contributed by atoms with Crippen molar-refractivity contribution >= 4 is 11.8 Å². The molecule has 1 aliphatic heterocycles. The number of ether oxygens (including phenoxy) is 1. The Morgan fingerprint density at radius 3 is 2.91 bits per heavy atom. The normalized spacial score (nSPS) is 17.4. The Morgan fingerprint density at radius 2 is 2.23 bits per heavy atom. The molecule has 1 N–H and O–H groups in total. The summed E-state index contributed by atoms with van der Waals surface area (Å²) < 4.78 is 10.4. The lowest BCUT2D eigenvalue weighted by Gasteiger charge is -2.31. The molecule has 1 aliphatic carbocycles. The minimum absolute atomic E-state index is 0.261. The van der Waals surface area contributed by atoms with Crippen LogP contribution in [0.3, 0.4) is 0 Å². The summed E-state index contributed by atoms with van der Waals surface area (Å²) in [6.07, 6.45) is 4.21. The van der Waals surface area contributed by atoms with Crippen LogP contribution in [0, 0.1) is 5.92 Å². The highest BCUT2D eigenvalue weighted by Gasteiger charge is 2.32. The Balaban J connectivity index is 1.98. The van der Waals surface area contributed by atoms with Gasteiger partial charge in [0.25, 0.3) is 5.91 Å². The number of carbonyl (C=O) groups excluding carboxylic acids is 1. The van der Waals surface area contributed by atoms with Crippen molar-refractivity contribution in [1.29, 1.82) is 0 Å². The highest BCUT2D eigenvalue weighted by atomic mass is 16.5. The lowest BCUT2D eigenvalue weighted by molar-refractivity contribution is 0.0954. The van der Waals surface area contributed by atoms with Gasteiger partial charge in [-0.1, -0.05) is 19.4 Å². The smallest absolute Gasteiger partial charge is 0.337 e. The summed E-state index contributed by atoms with van der Waals surface area (Å²) in [4.78, 5) is 25.9. The average Bonchev–Trinajstić information content (AvgIpc) is 3.28. The van der Waals surface area contributed by atoms with Crippen molar-refractivity contribution < 1.29 is 13.9 Å². The summed E-state index contributed by atoms with van der Waals surface area (Å²) in [6.45, 7) is 4.71. The van der Waals surface area contributed by atoms with Crippen molar-refractivity contribution in [3.05, 3.63) is 40.0 Å². The summed E-state index contributed by atoms with van der Waals surface area (Å²) in [5.41, 5.74) is 0.767. The van der Waals surface area contributed by atoms with Crippen LogP contribution in [0.4, 0.5) is 5.88 Å². The van der Waals surface area contributed by atoms with Crippen LogP contribution in [0.1, 0.15) is 35.2 Å². The number of nitrogens with zero attached hydrogens (tertiary/aromatic N) is 1. The second-order valence-corrected chi connectivity index (χ2v) is 5.80. The number of rotatable bonds is 6. The maximum atomic E-state index is 12.3. The minimum atomic E-state index is -0.436. The van der Waals surface area contributed by atoms with E-state index in [1.54, 1.807) is 12.0 Å². The molecule has 1 aromatic rings. The molecular weight excluding hydrogens is 284 g/mol. The van der Waals surface area contributed by atoms with Gasteiger partial charge in [-0.05, 0) is 24.3 Å². The molecule has 0 radical (unpaired) electrons. The number of hydrogen-bond donors (Lipinski definition) is 1. The Hall–Kier alpha value is -2.08. The van der Waals surface area contributed by atoms with Gasteiger partial charge in [-0.3, -0.25) is 9.69 Å². The predicted molar refractivity (Wildman–Crippen MR) is 81.9 cm³/mol. The van der Waals surface area contributed by atoms with Gasteiger partial charge in [0.1, 0.15) is 11.4 Å². The van der Waals surface area contributed by atoms with Crippen LogP contribution < -0.4 is 15.8 Å². The molecule has 0 spiro atoms. The fourth-order valence-corrected chi connectivity index (χ4v) is 2.73. The van der Waals surface area contributed by atoms with Gasteiger partial charge < -0.3 is 14.5 Å². The first-order valence-electron chi connectivity index (χ1n) is 7.54. The molecule has 1 aromatic heterocycles. The van der Waals surface area contributed by atoms with E-state index in [9.17, 15) is 9.59 Å². The van der Waals surface area contributed by atoms with Gasteiger partial charge in [-0.15, -0.1) is 0 Å². The van der Waals surface area contributed by atoms with Crippen molar-refractivity contribution in [2.75, 3.05) is 25.2 Å². The minimum Gasteiger partial charge on any atom is -0.405 e. The van der Waals surface area contributed by atoms with Crippen molar-refractivity contribution in [2.45, 2.75) is 25.7 Å². The van der Waals surface area contributed by atoms with E-state index in [0.717, 1.165) is 24.3 Å². The molecule has 22 heavy (non-hydrogen) atoms. The number of amides is 1. The molecule has 0 unspecified atom stereocenters. The molecule has 0 saturated heterocycles. The molecule has 1 saturated carbocycles. The molecule has 118 valence electrons. The summed E-state index contributed by atoms with van der Waals surface area (Å²) >= 11 is 0. The topological polar surface area (TPSA) is 71.8 Å². The fraction of sp³-hybridized carbons (Fsp3) is 0.500. The zero-order valence-electron chi connectivity index (χ0n) is 12.7. The number of anilines is 1. The van der Waals surface area contributed by atoms with Crippen molar-refractivity contribution in [1.82, 2.24) is 5.32 Å². The monoisotopic (exact) mass is 304 g/mol. The van der Waals surface area contributed by atoms with Crippen LogP contribution in [-0.2, 0) is 11.2 Å². The molecular formula is C16H20N2O4. The first-order chi connectivity index (χ1) is 10.6. The van der Waals surface area contributed by atoms with Crippen LogP contribution in [0.25, 0.3) is 0 Å². The number of aryl methyl sites for hydroxylation is 1. The number of fused-ring (bicyclic) bond motifs is 1. The lowest BCUT2D eigenvalue weighted by Crippen LogP contribution is -2.43. The molecule has 0 atom stereocenters. The third kappa shape index (κ3) is 2.92. The van der Waals surface area contributed by atoms with Crippen molar-refractivity contribution in [3.8, 4) is 0 Å². The summed E-state index contributed by atoms with van der Waals surface area (Å²) in [5.74, 6) is 1.15. The highest BCUT2D eigenvalue weighted by Crippen LogP contribution is 2.35. The Labute approximate surface area is 128 Å². The van der Waals surface area contributed by atoms with Gasteiger partial charge >= 0.3 is 5.63 Å². The van der Waals surface area contributed by atoms with E-state index in [-0.39, 0.29) is 11.8 Å². The first-order valence-corrected chi connectivity index (χ1v) is 7.54. The van der Waals surface area contributed by atoms with Crippen LogP contribution in [0.2, 0.25) is 0 Å². The predicted octanol–water partition coefficient (Wildman–Crippen LogP) is 1.65. The van der Waals surface area contributed by atoms with E-state index >= 15 is 0 Å². The van der Waals surface area contributed by atoms with Crippen LogP contribution in [0.15, 0.2) is 27.7 Å². The molecule has 0 bridgehead atoms. The molecule has 6 heteroatoms. The highest BCUT2D eigenvalue weighted by molar-refractivity contribution is 6.03. The Morgan fingerprint density at radius 1 is 1.45 bits per heavy atom. The van der Waals surface area contributed by atoms with Crippen LogP contribution in [-0.4, -0.2) is 26.2 Å². The number of hydrogen-bond acceptors (Lipinski definition) is 5. The van der Waals surface area contributed by atoms with Crippen LogP contribution in [0.5, 0.6) is 0 Å². The zero-order valence-corrected chi connectivity index (χ0v) is 12.7. The van der Waals surface area contributed by atoms with Crippen LogP contribution >= 0.6 is 0 Å². The zero-order chi connectivity index (χ0) is 15.7. The molecule has 1 fully saturated rings. The van der Waals surface area contributed by atoms with Crippen molar-refractivity contribution in [3.63, 3.8) is 0 Å². The maximum absolute atomic E-state index is 12.3. The number of nitrogens with one attached hydrogen (secondary N) is 1. The van der Waals surface area contributed by atoms with E-state index in [4.69, 9.17) is 9.15 Å². The molecule has 6 nitrogen and oxygen atoms in total. The lowest BCUT2D eigenvalue weighted by atomic mass is 10.0. The van der Waals surface area contributed by atoms with E-state index < -0.39 is 5.63 Å². The molecule has 3 rings (SSSR count). The van der Waals surface area contributed by atoms with E-state index in [1.165, 1.54) is 18.9 Å². The van der Waals surface area contributed by atoms with Gasteiger partial charge in [0.15, 0.2) is 0 Å². The second-order valence-electron chi connectivity index (χ2n) is 5.80. The Kier molecular flexibility index (Phi) is 4.02. The van der Waals surface area contributed by atoms with E-state index in [2.05, 4.69) is 11.9 Å². The fourth-order valence-electron chi connectivity index (χ4n) is 2.73. The third-order valence-electron chi connectivity index (χ3n) is 4.12. The van der Waals surface area contributed by atoms with Gasteiger partial charge in [0, 0.05) is 13.2 Å². The van der Waals surface area contributed by atoms with Gasteiger partial charge in [-0.25, -0.2) is 4.79 Å². The average molecular weight is 304 g/mol. The molecule has 1 amide bonds. The van der Waals surface area contributed by atoms with E-state index in [0.29, 0.717) is 24.5 Å². The van der Waals surface area contributed by atoms with E-state index in [1.807, 2.05) is 0 Å². The summed E-state index contributed by atoms with van der Waals surface area (Å²) in [7, 11) is 1.59. The summed E-state index contributed by atoms with van der Waals surface area (Å²) in [5, 5.41) is 2.73. The number of carbonyl (C=O) groups is 1. The first kappa shape index (κ1) is 14.8. The van der Waals surface area contributed by atoms with Crippen molar-refractivity contribution in [2.24, 2.45) is 5.92 Å². The second kappa shape index (κ2) is 5.96. The third-order valence-corrected chi connectivity index (χ3v) is 4.12. The standard InChI is InChI=1S/C16H20N2O4/c1-10-17-15(20)14-12(6-5-11-3-4-11)9-13(19)22-16(14)18(10)7-8-21-2/h9,11H,1,3-8H2,2H3,(H,17,20). The van der Waals surface area contributed by atoms with Gasteiger partial charge in [0.2, 0.25) is 5.88 Å². The Bertz CT molecular complexity index is 661. The molecule has 2 heterocycles. The summed E-state index contributed by atoms with van der Waals surface area (Å²) in [6, 6.07) is 1.43. The SMILES string of the molecule is C=C1NC(=O)c2c(CCC3CC3)cc(=O)oc2N1CCOC. The molecule has 0 aromatic carbocycles. The number of methoxy groups -OCH3 is 1. The van der Waals surface area contributed by atoms with Gasteiger partial charge in [-0.2, -0.15) is 0 Å². The van der Waals surface area contributed by atoms with Gasteiger partial charge in [0.05, 0.1) is 13.2 Å². The largest absolute Gasteiger partial charge is 0.405 e. The maximum Gasteiger partial charge on any atom is 0.337 e. The quantitative estimate of drug-likeness (QED) is 0.865. The molecule has 2 aliphatic rings.